The molecule has 2 rings (SSSR count). The SMILES string of the molecule is CN(C)S(=O)(=O)c1ccc(SCc2ccc(C(F)(F)F)cc2)c(C(=O)O)c1. The minimum atomic E-state index is -4.42. The Morgan fingerprint density at radius 1 is 1.11 bits per heavy atom. The van der Waals surface area contributed by atoms with Crippen LogP contribution >= 0.6 is 11.8 Å². The Morgan fingerprint density at radius 3 is 2.19 bits per heavy atom. The monoisotopic (exact) mass is 419 g/mol. The smallest absolute Gasteiger partial charge is 0.416 e. The van der Waals surface area contributed by atoms with Gasteiger partial charge in [0.05, 0.1) is 16.0 Å². The maximum atomic E-state index is 12.6. The number of hydrogen-bond donors (Lipinski definition) is 1. The van der Waals surface area contributed by atoms with Gasteiger partial charge in [-0.2, -0.15) is 13.2 Å². The van der Waals surface area contributed by atoms with Gasteiger partial charge in [-0.1, -0.05) is 12.1 Å². The average molecular weight is 419 g/mol. The van der Waals surface area contributed by atoms with E-state index in [1.165, 1.54) is 38.4 Å². The third-order valence-electron chi connectivity index (χ3n) is 3.64. The van der Waals surface area contributed by atoms with Crippen LogP contribution < -0.4 is 0 Å². The highest BCUT2D eigenvalue weighted by molar-refractivity contribution is 7.98. The molecule has 1 N–H and O–H groups in total. The van der Waals surface area contributed by atoms with Gasteiger partial charge in [-0.05, 0) is 35.9 Å². The molecule has 0 unspecified atom stereocenters. The minimum Gasteiger partial charge on any atom is -0.478 e. The molecule has 0 bridgehead atoms. The minimum absolute atomic E-state index is 0.149. The number of thioether (sulfide) groups is 1. The van der Waals surface area contributed by atoms with E-state index >= 15 is 0 Å². The lowest BCUT2D eigenvalue weighted by Crippen LogP contribution is -2.22. The van der Waals surface area contributed by atoms with E-state index in [0.717, 1.165) is 34.3 Å². The zero-order valence-electron chi connectivity index (χ0n) is 14.3. The second-order valence-corrected chi connectivity index (χ2v) is 8.90. The van der Waals surface area contributed by atoms with Crippen molar-refractivity contribution in [1.29, 1.82) is 0 Å². The van der Waals surface area contributed by atoms with Gasteiger partial charge in [0, 0.05) is 24.7 Å². The summed E-state index contributed by atoms with van der Waals surface area (Å²) in [5.74, 6) is -1.06. The highest BCUT2D eigenvalue weighted by atomic mass is 32.2. The van der Waals surface area contributed by atoms with Gasteiger partial charge in [0.1, 0.15) is 0 Å². The quantitative estimate of drug-likeness (QED) is 0.718. The summed E-state index contributed by atoms with van der Waals surface area (Å²) >= 11 is 1.10. The fourth-order valence-electron chi connectivity index (χ4n) is 2.12. The Balaban J connectivity index is 2.25. The van der Waals surface area contributed by atoms with E-state index in [9.17, 15) is 31.5 Å². The highest BCUT2D eigenvalue weighted by Crippen LogP contribution is 2.32. The van der Waals surface area contributed by atoms with Crippen LogP contribution in [0.3, 0.4) is 0 Å². The molecule has 0 spiro atoms. The van der Waals surface area contributed by atoms with Gasteiger partial charge in [-0.3, -0.25) is 0 Å². The maximum absolute atomic E-state index is 12.6. The Morgan fingerprint density at radius 2 is 1.70 bits per heavy atom. The molecule has 146 valence electrons. The molecule has 0 radical (unpaired) electrons. The van der Waals surface area contributed by atoms with Crippen LogP contribution in [0, 0.1) is 0 Å². The first-order chi connectivity index (χ1) is 12.4. The Kier molecular flexibility index (Phi) is 6.23. The Bertz CT molecular complexity index is 940. The number of carbonyl (C=O) groups is 1. The summed E-state index contributed by atoms with van der Waals surface area (Å²) in [6.07, 6.45) is -4.42. The molecule has 2 aromatic carbocycles. The Hall–Kier alpha value is -2.04. The van der Waals surface area contributed by atoms with E-state index in [1.807, 2.05) is 0 Å². The number of carboxylic acid groups (broad SMARTS) is 1. The van der Waals surface area contributed by atoms with Gasteiger partial charge < -0.3 is 5.11 Å². The van der Waals surface area contributed by atoms with Crippen molar-refractivity contribution in [2.24, 2.45) is 0 Å². The third-order valence-corrected chi connectivity index (χ3v) is 6.59. The summed E-state index contributed by atoms with van der Waals surface area (Å²) in [6, 6.07) is 8.32. The van der Waals surface area contributed by atoms with Gasteiger partial charge >= 0.3 is 12.1 Å². The maximum Gasteiger partial charge on any atom is 0.416 e. The molecule has 0 heterocycles. The van der Waals surface area contributed by atoms with Crippen molar-refractivity contribution in [2.75, 3.05) is 14.1 Å². The summed E-state index contributed by atoms with van der Waals surface area (Å²) in [6.45, 7) is 0. The molecule has 0 aromatic heterocycles. The summed E-state index contributed by atoms with van der Waals surface area (Å²) in [4.78, 5) is 11.7. The van der Waals surface area contributed by atoms with Crippen molar-refractivity contribution < 1.29 is 31.5 Å². The molecule has 0 amide bonds. The molecule has 2 aromatic rings. The standard InChI is InChI=1S/C17H16F3NO4S2/c1-21(2)27(24,25)13-7-8-15(14(9-13)16(22)23)26-10-11-3-5-12(6-4-11)17(18,19)20/h3-9H,10H2,1-2H3,(H,22,23). The van der Waals surface area contributed by atoms with Gasteiger partial charge in [-0.15, -0.1) is 11.8 Å². The van der Waals surface area contributed by atoms with Crippen LogP contribution in [0.15, 0.2) is 52.3 Å². The van der Waals surface area contributed by atoms with Gasteiger partial charge in [-0.25, -0.2) is 17.5 Å². The number of nitrogens with zero attached hydrogens (tertiary/aromatic N) is 1. The molecule has 0 aliphatic carbocycles. The number of carboxylic acids is 1. The van der Waals surface area contributed by atoms with Crippen molar-refractivity contribution in [3.8, 4) is 0 Å². The number of alkyl halides is 3. The second-order valence-electron chi connectivity index (χ2n) is 5.73. The molecule has 5 nitrogen and oxygen atoms in total. The van der Waals surface area contributed by atoms with Crippen LogP contribution in [-0.4, -0.2) is 37.9 Å². The van der Waals surface area contributed by atoms with Gasteiger partial charge in [0.2, 0.25) is 10.0 Å². The first-order valence-electron chi connectivity index (χ1n) is 7.51. The topological polar surface area (TPSA) is 74.7 Å². The van der Waals surface area contributed by atoms with Crippen LogP contribution in [0.5, 0.6) is 0 Å². The predicted molar refractivity (Wildman–Crippen MR) is 95.3 cm³/mol. The molecular formula is C17H16F3NO4S2. The van der Waals surface area contributed by atoms with Crippen LogP contribution in [0.4, 0.5) is 13.2 Å². The summed E-state index contributed by atoms with van der Waals surface area (Å²) in [5, 5.41) is 9.37. The number of rotatable bonds is 6. The third kappa shape index (κ3) is 5.02. The van der Waals surface area contributed by atoms with Crippen LogP contribution in [0.1, 0.15) is 21.5 Å². The Labute approximate surface area is 158 Å². The number of halogens is 3. The van der Waals surface area contributed by atoms with Crippen molar-refractivity contribution >= 4 is 27.8 Å². The molecule has 0 saturated carbocycles. The first kappa shape index (κ1) is 21.3. The van der Waals surface area contributed by atoms with E-state index in [1.54, 1.807) is 0 Å². The first-order valence-corrected chi connectivity index (χ1v) is 9.94. The van der Waals surface area contributed by atoms with Gasteiger partial charge in [0.15, 0.2) is 0 Å². The van der Waals surface area contributed by atoms with E-state index < -0.39 is 27.7 Å². The summed E-state index contributed by atoms with van der Waals surface area (Å²) in [5.41, 5.74) is -0.370. The molecule has 0 aliphatic rings. The van der Waals surface area contributed by atoms with Crippen LogP contribution in [0.2, 0.25) is 0 Å². The number of benzene rings is 2. The van der Waals surface area contributed by atoms with Gasteiger partial charge in [0.25, 0.3) is 0 Å². The van der Waals surface area contributed by atoms with E-state index in [2.05, 4.69) is 0 Å². The number of hydrogen-bond acceptors (Lipinski definition) is 4. The van der Waals surface area contributed by atoms with E-state index in [4.69, 9.17) is 0 Å². The van der Waals surface area contributed by atoms with E-state index in [0.29, 0.717) is 10.5 Å². The molecule has 27 heavy (non-hydrogen) atoms. The summed E-state index contributed by atoms with van der Waals surface area (Å²) < 4.78 is 63.0. The molecular weight excluding hydrogens is 403 g/mol. The molecule has 0 aliphatic heterocycles. The summed E-state index contributed by atoms with van der Waals surface area (Å²) in [7, 11) is -1.11. The fraction of sp³-hybridized carbons (Fsp3) is 0.235. The predicted octanol–water partition coefficient (Wildman–Crippen LogP) is 3.95. The number of sulfonamides is 1. The zero-order valence-corrected chi connectivity index (χ0v) is 16.0. The lowest BCUT2D eigenvalue weighted by atomic mass is 10.1. The second kappa shape index (κ2) is 7.91. The van der Waals surface area contributed by atoms with E-state index in [-0.39, 0.29) is 16.2 Å². The van der Waals surface area contributed by atoms with Crippen LogP contribution in [0.25, 0.3) is 0 Å². The van der Waals surface area contributed by atoms with Crippen molar-refractivity contribution in [3.63, 3.8) is 0 Å². The van der Waals surface area contributed by atoms with Crippen molar-refractivity contribution in [3.05, 3.63) is 59.2 Å². The fourth-order valence-corrected chi connectivity index (χ4v) is 4.03. The highest BCUT2D eigenvalue weighted by Gasteiger charge is 2.30. The average Bonchev–Trinajstić information content (AvgIpc) is 2.59. The van der Waals surface area contributed by atoms with Crippen molar-refractivity contribution in [2.45, 2.75) is 21.7 Å². The lowest BCUT2D eigenvalue weighted by Gasteiger charge is -2.13. The normalized spacial score (nSPS) is 12.4. The van der Waals surface area contributed by atoms with Crippen molar-refractivity contribution in [1.82, 2.24) is 4.31 Å². The number of aromatic carboxylic acids is 1. The molecule has 0 atom stereocenters. The molecule has 0 fully saturated rings. The largest absolute Gasteiger partial charge is 0.478 e. The molecule has 0 saturated heterocycles. The zero-order chi connectivity index (χ0) is 20.4. The van der Waals surface area contributed by atoms with Crippen LogP contribution in [-0.2, 0) is 22.0 Å². The molecule has 10 heteroatoms. The lowest BCUT2D eigenvalue weighted by molar-refractivity contribution is -0.137.